The van der Waals surface area contributed by atoms with Gasteiger partial charge in [-0.05, 0) is 31.0 Å². The van der Waals surface area contributed by atoms with Crippen LogP contribution in [0.3, 0.4) is 0 Å². The Balaban J connectivity index is 1.67. The summed E-state index contributed by atoms with van der Waals surface area (Å²) in [5.41, 5.74) is 2.34. The van der Waals surface area contributed by atoms with Gasteiger partial charge in [-0.2, -0.15) is 0 Å². The van der Waals surface area contributed by atoms with Gasteiger partial charge in [-0.1, -0.05) is 20.3 Å². The van der Waals surface area contributed by atoms with E-state index < -0.39 is 0 Å². The highest BCUT2D eigenvalue weighted by atomic mass is 16.5. The molecule has 27 heavy (non-hydrogen) atoms. The van der Waals surface area contributed by atoms with E-state index in [4.69, 9.17) is 4.74 Å². The van der Waals surface area contributed by atoms with Crippen LogP contribution in [0.4, 0.5) is 11.4 Å². The van der Waals surface area contributed by atoms with Gasteiger partial charge in [0.2, 0.25) is 0 Å². The van der Waals surface area contributed by atoms with Crippen molar-refractivity contribution in [1.29, 1.82) is 0 Å². The third-order valence-corrected chi connectivity index (χ3v) is 4.55. The predicted molar refractivity (Wildman–Crippen MR) is 107 cm³/mol. The van der Waals surface area contributed by atoms with Gasteiger partial charge in [-0.15, -0.1) is 0 Å². The van der Waals surface area contributed by atoms with Gasteiger partial charge in [0.25, 0.3) is 5.91 Å². The Hall–Kier alpha value is -2.80. The lowest BCUT2D eigenvalue weighted by Crippen LogP contribution is -2.45. The first-order valence-electron chi connectivity index (χ1n) is 9.42. The Labute approximate surface area is 159 Å². The Kier molecular flexibility index (Phi) is 6.13. The highest BCUT2D eigenvalue weighted by Crippen LogP contribution is 2.34. The van der Waals surface area contributed by atoms with Crippen molar-refractivity contribution < 1.29 is 9.53 Å². The van der Waals surface area contributed by atoms with Gasteiger partial charge in [0.1, 0.15) is 17.2 Å². The second kappa shape index (κ2) is 8.73. The maximum absolute atomic E-state index is 11.7. The summed E-state index contributed by atoms with van der Waals surface area (Å²) in [6.45, 7) is 4.40. The number of carbonyl (C=O) groups excluding carboxylic acids is 1. The van der Waals surface area contributed by atoms with Crippen LogP contribution in [-0.2, 0) is 0 Å². The Bertz CT molecular complexity index is 796. The topological polar surface area (TPSA) is 87.3 Å². The number of nitrogens with one attached hydrogen (secondary N) is 4. The van der Waals surface area contributed by atoms with Crippen LogP contribution in [0.1, 0.15) is 43.6 Å². The summed E-state index contributed by atoms with van der Waals surface area (Å²) in [6, 6.07) is 9.67. The molecule has 2 unspecified atom stereocenters. The Morgan fingerprint density at radius 3 is 2.70 bits per heavy atom. The minimum absolute atomic E-state index is 0.00697. The van der Waals surface area contributed by atoms with Crippen molar-refractivity contribution in [3.63, 3.8) is 0 Å². The van der Waals surface area contributed by atoms with Gasteiger partial charge in [0, 0.05) is 31.4 Å². The Morgan fingerprint density at radius 1 is 1.19 bits per heavy atom. The van der Waals surface area contributed by atoms with Gasteiger partial charge < -0.3 is 20.7 Å². The molecule has 2 aromatic rings. The number of nitrogens with zero attached hydrogens (tertiary/aromatic N) is 1. The lowest BCUT2D eigenvalue weighted by molar-refractivity contribution is 0.0958. The standard InChI is InChI=1S/C20H27N5O2/c1-4-6-13(5-2)23-20-24-16-8-7-14(11-17(16)25-20)27-15-9-10-22-18(12-15)19(26)21-3/h7-13,20,23-25H,4-6H2,1-3H3,(H,21,26). The zero-order valence-electron chi connectivity index (χ0n) is 16.0. The van der Waals surface area contributed by atoms with E-state index in [1.165, 1.54) is 0 Å². The average Bonchev–Trinajstić information content (AvgIpc) is 3.08. The molecule has 7 nitrogen and oxygen atoms in total. The molecule has 1 amide bonds. The summed E-state index contributed by atoms with van der Waals surface area (Å²) in [5.74, 6) is 1.02. The molecule has 1 aliphatic heterocycles. The van der Waals surface area contributed by atoms with Crippen LogP contribution in [0, 0.1) is 0 Å². The van der Waals surface area contributed by atoms with E-state index in [2.05, 4.69) is 40.1 Å². The number of rotatable bonds is 8. The van der Waals surface area contributed by atoms with E-state index in [0.717, 1.165) is 30.6 Å². The number of fused-ring (bicyclic) bond motifs is 1. The maximum Gasteiger partial charge on any atom is 0.269 e. The molecule has 1 aliphatic rings. The molecule has 0 saturated carbocycles. The van der Waals surface area contributed by atoms with Crippen LogP contribution in [0.5, 0.6) is 11.5 Å². The third-order valence-electron chi connectivity index (χ3n) is 4.55. The SMILES string of the molecule is CCCC(CC)NC1Nc2ccc(Oc3ccnc(C(=O)NC)c3)cc2N1. The molecule has 1 aromatic heterocycles. The first-order chi connectivity index (χ1) is 13.1. The number of amides is 1. The Morgan fingerprint density at radius 2 is 1.96 bits per heavy atom. The molecule has 0 radical (unpaired) electrons. The maximum atomic E-state index is 11.7. The van der Waals surface area contributed by atoms with E-state index >= 15 is 0 Å². The van der Waals surface area contributed by atoms with Crippen molar-refractivity contribution in [2.75, 3.05) is 17.7 Å². The van der Waals surface area contributed by atoms with Crippen molar-refractivity contribution in [2.45, 2.75) is 45.4 Å². The van der Waals surface area contributed by atoms with Gasteiger partial charge in [0.05, 0.1) is 11.4 Å². The fourth-order valence-electron chi connectivity index (χ4n) is 3.11. The molecule has 1 aromatic carbocycles. The van der Waals surface area contributed by atoms with Crippen molar-refractivity contribution in [3.8, 4) is 11.5 Å². The van der Waals surface area contributed by atoms with E-state index in [1.807, 2.05) is 18.2 Å². The highest BCUT2D eigenvalue weighted by molar-refractivity contribution is 5.92. The second-order valence-electron chi connectivity index (χ2n) is 6.55. The number of hydrogen-bond acceptors (Lipinski definition) is 6. The molecule has 0 saturated heterocycles. The molecule has 0 bridgehead atoms. The van der Waals surface area contributed by atoms with Crippen molar-refractivity contribution >= 4 is 17.3 Å². The molecule has 4 N–H and O–H groups in total. The molecule has 7 heteroatoms. The molecule has 144 valence electrons. The number of benzene rings is 1. The minimum Gasteiger partial charge on any atom is -0.457 e. The van der Waals surface area contributed by atoms with Crippen LogP contribution >= 0.6 is 0 Å². The van der Waals surface area contributed by atoms with Crippen LogP contribution in [0.2, 0.25) is 0 Å². The summed E-state index contributed by atoms with van der Waals surface area (Å²) in [4.78, 5) is 15.8. The number of hydrogen-bond donors (Lipinski definition) is 4. The van der Waals surface area contributed by atoms with E-state index in [1.54, 1.807) is 25.4 Å². The lowest BCUT2D eigenvalue weighted by atomic mass is 10.1. The summed E-state index contributed by atoms with van der Waals surface area (Å²) >= 11 is 0. The minimum atomic E-state index is -0.244. The normalized spacial score (nSPS) is 16.0. The first kappa shape index (κ1) is 19.0. The van der Waals surface area contributed by atoms with Crippen molar-refractivity contribution in [3.05, 3.63) is 42.2 Å². The fourth-order valence-corrected chi connectivity index (χ4v) is 3.11. The molecular weight excluding hydrogens is 342 g/mol. The van der Waals surface area contributed by atoms with Crippen LogP contribution < -0.4 is 26.0 Å². The number of ether oxygens (including phenoxy) is 1. The zero-order chi connectivity index (χ0) is 19.2. The van der Waals surface area contributed by atoms with Crippen molar-refractivity contribution in [1.82, 2.24) is 15.6 Å². The number of aromatic nitrogens is 1. The molecule has 2 heterocycles. The number of anilines is 2. The van der Waals surface area contributed by atoms with Crippen molar-refractivity contribution in [2.24, 2.45) is 0 Å². The third kappa shape index (κ3) is 4.68. The highest BCUT2D eigenvalue weighted by Gasteiger charge is 2.22. The number of pyridine rings is 1. The van der Waals surface area contributed by atoms with E-state index in [0.29, 0.717) is 23.2 Å². The molecular formula is C20H27N5O2. The van der Waals surface area contributed by atoms with Crippen LogP contribution in [0.25, 0.3) is 0 Å². The monoisotopic (exact) mass is 369 g/mol. The van der Waals surface area contributed by atoms with E-state index in [-0.39, 0.29) is 12.2 Å². The summed E-state index contributed by atoms with van der Waals surface area (Å²) in [5, 5.41) is 13.0. The molecule has 0 fully saturated rings. The van der Waals surface area contributed by atoms with Crippen LogP contribution in [-0.4, -0.2) is 30.3 Å². The van der Waals surface area contributed by atoms with Gasteiger partial charge >= 0.3 is 0 Å². The number of carbonyl (C=O) groups is 1. The predicted octanol–water partition coefficient (Wildman–Crippen LogP) is 3.52. The van der Waals surface area contributed by atoms with Crippen LogP contribution in [0.15, 0.2) is 36.5 Å². The smallest absolute Gasteiger partial charge is 0.269 e. The largest absolute Gasteiger partial charge is 0.457 e. The lowest BCUT2D eigenvalue weighted by Gasteiger charge is -2.22. The molecule has 0 spiro atoms. The van der Waals surface area contributed by atoms with Gasteiger partial charge in [0.15, 0.2) is 6.29 Å². The first-order valence-corrected chi connectivity index (χ1v) is 9.42. The summed E-state index contributed by atoms with van der Waals surface area (Å²) < 4.78 is 5.91. The zero-order valence-corrected chi connectivity index (χ0v) is 16.0. The van der Waals surface area contributed by atoms with Gasteiger partial charge in [-0.3, -0.25) is 15.1 Å². The quantitative estimate of drug-likeness (QED) is 0.569. The average molecular weight is 369 g/mol. The molecule has 3 rings (SSSR count). The second-order valence-corrected chi connectivity index (χ2v) is 6.55. The summed E-state index contributed by atoms with van der Waals surface area (Å²) in [7, 11) is 1.57. The van der Waals surface area contributed by atoms with Gasteiger partial charge in [-0.25, -0.2) is 0 Å². The summed E-state index contributed by atoms with van der Waals surface area (Å²) in [6.07, 6.45) is 4.97. The molecule has 0 aliphatic carbocycles. The van der Waals surface area contributed by atoms with E-state index in [9.17, 15) is 4.79 Å². The molecule has 2 atom stereocenters. The fraction of sp³-hybridized carbons (Fsp3) is 0.400.